The van der Waals surface area contributed by atoms with E-state index >= 15 is 0 Å². The molecular formula is C20H30N4O2. The summed E-state index contributed by atoms with van der Waals surface area (Å²) in [7, 11) is 0. The van der Waals surface area contributed by atoms with Gasteiger partial charge in [0.1, 0.15) is 18.4 Å². The van der Waals surface area contributed by atoms with E-state index < -0.39 is 0 Å². The zero-order valence-electron chi connectivity index (χ0n) is 16.4. The summed E-state index contributed by atoms with van der Waals surface area (Å²) in [6, 6.07) is 9.98. The zero-order chi connectivity index (χ0) is 18.9. The predicted molar refractivity (Wildman–Crippen MR) is 105 cm³/mol. The Morgan fingerprint density at radius 3 is 2.65 bits per heavy atom. The maximum atomic E-state index is 5.99. The van der Waals surface area contributed by atoms with Crippen LogP contribution in [0.3, 0.4) is 0 Å². The van der Waals surface area contributed by atoms with Crippen molar-refractivity contribution in [2.75, 3.05) is 13.1 Å². The van der Waals surface area contributed by atoms with Crippen LogP contribution in [0.1, 0.15) is 50.6 Å². The molecule has 2 N–H and O–H groups in total. The first kappa shape index (κ1) is 19.8. The van der Waals surface area contributed by atoms with E-state index in [0.29, 0.717) is 19.0 Å². The van der Waals surface area contributed by atoms with E-state index in [9.17, 15) is 0 Å². The van der Waals surface area contributed by atoms with Crippen LogP contribution >= 0.6 is 0 Å². The van der Waals surface area contributed by atoms with Crippen LogP contribution in [-0.2, 0) is 6.54 Å². The predicted octanol–water partition coefficient (Wildman–Crippen LogP) is 3.63. The minimum atomic E-state index is 0.0118. The van der Waals surface area contributed by atoms with E-state index in [4.69, 9.17) is 9.26 Å². The van der Waals surface area contributed by atoms with Gasteiger partial charge < -0.3 is 19.9 Å². The molecule has 6 heteroatoms. The third-order valence-corrected chi connectivity index (χ3v) is 3.88. The Morgan fingerprint density at radius 2 is 2.00 bits per heavy atom. The smallest absolute Gasteiger partial charge is 0.191 e. The van der Waals surface area contributed by atoms with Gasteiger partial charge in [-0.3, -0.25) is 0 Å². The lowest BCUT2D eigenvalue weighted by Crippen LogP contribution is -2.41. The van der Waals surface area contributed by atoms with E-state index in [0.717, 1.165) is 35.3 Å². The lowest BCUT2D eigenvalue weighted by Gasteiger charge is -2.18. The molecule has 0 amide bonds. The summed E-state index contributed by atoms with van der Waals surface area (Å²) in [5, 5.41) is 10.6. The molecule has 0 saturated heterocycles. The molecule has 1 unspecified atom stereocenters. The number of aromatic nitrogens is 1. The summed E-state index contributed by atoms with van der Waals surface area (Å²) >= 11 is 0. The first-order valence-corrected chi connectivity index (χ1v) is 9.19. The molecule has 142 valence electrons. The monoisotopic (exact) mass is 358 g/mol. The fraction of sp³-hybridized carbons (Fsp3) is 0.500. The third kappa shape index (κ3) is 6.10. The molecule has 26 heavy (non-hydrogen) atoms. The van der Waals surface area contributed by atoms with E-state index in [-0.39, 0.29) is 6.10 Å². The van der Waals surface area contributed by atoms with E-state index in [1.165, 1.54) is 0 Å². The lowest BCUT2D eigenvalue weighted by molar-refractivity contribution is 0.222. The molecule has 1 atom stereocenters. The van der Waals surface area contributed by atoms with Crippen molar-refractivity contribution in [1.29, 1.82) is 0 Å². The highest BCUT2D eigenvalue weighted by Gasteiger charge is 2.09. The molecule has 1 aromatic heterocycles. The van der Waals surface area contributed by atoms with Gasteiger partial charge in [-0.15, -0.1) is 0 Å². The molecule has 6 nitrogen and oxygen atoms in total. The molecule has 0 aliphatic heterocycles. The third-order valence-electron chi connectivity index (χ3n) is 3.88. The van der Waals surface area contributed by atoms with E-state index in [1.54, 1.807) is 0 Å². The number of guanidine groups is 1. The van der Waals surface area contributed by atoms with E-state index in [2.05, 4.69) is 34.6 Å². The highest BCUT2D eigenvalue weighted by atomic mass is 16.5. The Labute approximate surface area is 156 Å². The van der Waals surface area contributed by atoms with Gasteiger partial charge in [-0.2, -0.15) is 0 Å². The Bertz CT molecular complexity index is 709. The van der Waals surface area contributed by atoms with Crippen LogP contribution in [0.5, 0.6) is 5.75 Å². The van der Waals surface area contributed by atoms with Crippen LogP contribution in [0, 0.1) is 6.92 Å². The Kier molecular flexibility index (Phi) is 7.51. The van der Waals surface area contributed by atoms with Crippen LogP contribution in [0.4, 0.5) is 0 Å². The Balaban J connectivity index is 1.89. The van der Waals surface area contributed by atoms with Gasteiger partial charge in [0, 0.05) is 12.6 Å². The summed E-state index contributed by atoms with van der Waals surface area (Å²) in [5.74, 6) is 2.75. The molecule has 0 radical (unpaired) electrons. The second-order valence-corrected chi connectivity index (χ2v) is 6.64. The number of rotatable bonds is 8. The summed E-state index contributed by atoms with van der Waals surface area (Å²) in [4.78, 5) is 4.56. The molecule has 1 aromatic carbocycles. The number of nitrogens with zero attached hydrogens (tertiary/aromatic N) is 2. The van der Waals surface area contributed by atoms with Crippen molar-refractivity contribution >= 4 is 5.96 Å². The summed E-state index contributed by atoms with van der Waals surface area (Å²) in [6.07, 6.45) is 0.0118. The number of benzene rings is 1. The number of ether oxygens (including phenoxy) is 1. The molecule has 0 aliphatic rings. The van der Waals surface area contributed by atoms with Crippen LogP contribution in [-0.4, -0.2) is 30.3 Å². The minimum absolute atomic E-state index is 0.0118. The van der Waals surface area contributed by atoms with Crippen molar-refractivity contribution in [3.8, 4) is 5.75 Å². The number of aryl methyl sites for hydroxylation is 1. The molecule has 1 heterocycles. The number of nitrogens with one attached hydrogen (secondary N) is 2. The van der Waals surface area contributed by atoms with Crippen molar-refractivity contribution in [2.24, 2.45) is 4.99 Å². The van der Waals surface area contributed by atoms with Crippen molar-refractivity contribution in [2.45, 2.75) is 53.2 Å². The van der Waals surface area contributed by atoms with Gasteiger partial charge in [0.05, 0.1) is 12.2 Å². The van der Waals surface area contributed by atoms with Crippen LogP contribution < -0.4 is 15.4 Å². The average Bonchev–Trinajstić information content (AvgIpc) is 3.09. The minimum Gasteiger partial charge on any atom is -0.489 e. The first-order chi connectivity index (χ1) is 12.5. The largest absolute Gasteiger partial charge is 0.489 e. The number of hydrogen-bond donors (Lipinski definition) is 2. The summed E-state index contributed by atoms with van der Waals surface area (Å²) < 4.78 is 11.3. The second-order valence-electron chi connectivity index (χ2n) is 6.64. The quantitative estimate of drug-likeness (QED) is 0.557. The van der Waals surface area contributed by atoms with Gasteiger partial charge in [0.15, 0.2) is 11.7 Å². The van der Waals surface area contributed by atoms with Gasteiger partial charge in [0.2, 0.25) is 0 Å². The lowest BCUT2D eigenvalue weighted by atomic mass is 10.1. The Hall–Kier alpha value is -2.50. The SMILES string of the molecule is CCNC(=NCc1cc(C(C)C)no1)NCC(C)Oc1ccccc1C. The molecule has 0 spiro atoms. The van der Waals surface area contributed by atoms with Gasteiger partial charge in [0.25, 0.3) is 0 Å². The molecule has 0 saturated carbocycles. The number of aliphatic imine (C=N–C) groups is 1. The van der Waals surface area contributed by atoms with Gasteiger partial charge >= 0.3 is 0 Å². The molecule has 0 bridgehead atoms. The summed E-state index contributed by atoms with van der Waals surface area (Å²) in [5.41, 5.74) is 2.08. The Morgan fingerprint density at radius 1 is 1.23 bits per heavy atom. The average molecular weight is 358 g/mol. The molecule has 0 fully saturated rings. The van der Waals surface area contributed by atoms with E-state index in [1.807, 2.05) is 51.1 Å². The van der Waals surface area contributed by atoms with Crippen molar-refractivity contribution < 1.29 is 9.26 Å². The zero-order valence-corrected chi connectivity index (χ0v) is 16.4. The molecule has 2 rings (SSSR count). The highest BCUT2D eigenvalue weighted by molar-refractivity contribution is 5.79. The fourth-order valence-electron chi connectivity index (χ4n) is 2.36. The maximum absolute atomic E-state index is 5.99. The normalized spacial score (nSPS) is 12.9. The standard InChI is InChI=1S/C20H30N4O2/c1-6-21-20(23-13-17-11-18(14(2)3)24-26-17)22-12-16(5)25-19-10-8-7-9-15(19)4/h7-11,14,16H,6,12-13H2,1-5H3,(H2,21,22,23). The molecule has 2 aromatic rings. The first-order valence-electron chi connectivity index (χ1n) is 9.19. The molecular weight excluding hydrogens is 328 g/mol. The molecule has 0 aliphatic carbocycles. The maximum Gasteiger partial charge on any atom is 0.191 e. The van der Waals surface area contributed by atoms with Crippen LogP contribution in [0.15, 0.2) is 39.8 Å². The van der Waals surface area contributed by atoms with Crippen LogP contribution in [0.25, 0.3) is 0 Å². The summed E-state index contributed by atoms with van der Waals surface area (Å²) in [6.45, 7) is 12.2. The number of hydrogen-bond acceptors (Lipinski definition) is 4. The number of para-hydroxylation sites is 1. The van der Waals surface area contributed by atoms with Crippen molar-refractivity contribution in [1.82, 2.24) is 15.8 Å². The second kappa shape index (κ2) is 9.85. The van der Waals surface area contributed by atoms with Gasteiger partial charge in [-0.1, -0.05) is 37.2 Å². The topological polar surface area (TPSA) is 71.7 Å². The highest BCUT2D eigenvalue weighted by Crippen LogP contribution is 2.17. The van der Waals surface area contributed by atoms with Crippen molar-refractivity contribution in [3.63, 3.8) is 0 Å². The fourth-order valence-corrected chi connectivity index (χ4v) is 2.36. The van der Waals surface area contributed by atoms with Gasteiger partial charge in [-0.25, -0.2) is 4.99 Å². The van der Waals surface area contributed by atoms with Crippen LogP contribution in [0.2, 0.25) is 0 Å². The van der Waals surface area contributed by atoms with Crippen molar-refractivity contribution in [3.05, 3.63) is 47.3 Å². The van der Waals surface area contributed by atoms with Gasteiger partial charge in [-0.05, 0) is 38.3 Å².